The largest absolute Gasteiger partial charge is 0.467 e. The highest BCUT2D eigenvalue weighted by atomic mass is 16.7. The number of benzene rings is 2. The van der Waals surface area contributed by atoms with Crippen LogP contribution in [0.25, 0.3) is 0 Å². The zero-order valence-corrected chi connectivity index (χ0v) is 20.1. The molecule has 0 radical (unpaired) electrons. The van der Waals surface area contributed by atoms with Gasteiger partial charge in [0.2, 0.25) is 12.3 Å². The lowest BCUT2D eigenvalue weighted by atomic mass is 10.0. The van der Waals surface area contributed by atoms with E-state index < -0.39 is 36.4 Å². The molecule has 2 aromatic rings. The second kappa shape index (κ2) is 15.2. The van der Waals surface area contributed by atoms with Crippen LogP contribution in [0.2, 0.25) is 0 Å². The first kappa shape index (κ1) is 27.5. The van der Waals surface area contributed by atoms with Crippen LogP contribution < -0.4 is 5.32 Å². The lowest BCUT2D eigenvalue weighted by molar-refractivity contribution is -0.193. The molecule has 188 valence electrons. The fraction of sp³-hybridized carbons (Fsp3) is 0.385. The van der Waals surface area contributed by atoms with Gasteiger partial charge in [0.25, 0.3) is 0 Å². The standard InChI is InChI=1S/C26H32N2O7/c1-3-4-15-35-28(19-29)23(17-24(30)34-18-21-13-9-6-10-14-21)25(31)27-22(26(32)33-2)16-20-11-7-5-8-12-20/h5-14,19,22-23H,3-4,15-18H2,1-2H3,(H,27,31). The van der Waals surface area contributed by atoms with E-state index in [2.05, 4.69) is 5.32 Å². The maximum Gasteiger partial charge on any atom is 0.328 e. The van der Waals surface area contributed by atoms with E-state index in [0.717, 1.165) is 22.6 Å². The van der Waals surface area contributed by atoms with Crippen molar-refractivity contribution in [3.8, 4) is 0 Å². The first-order chi connectivity index (χ1) is 17.0. The third-order valence-corrected chi connectivity index (χ3v) is 5.14. The molecule has 0 aliphatic carbocycles. The Labute approximate surface area is 205 Å². The summed E-state index contributed by atoms with van der Waals surface area (Å²) in [4.78, 5) is 55.3. The lowest BCUT2D eigenvalue weighted by Crippen LogP contribution is -2.53. The van der Waals surface area contributed by atoms with Gasteiger partial charge in [-0.2, -0.15) is 0 Å². The quantitative estimate of drug-likeness (QED) is 0.179. The van der Waals surface area contributed by atoms with Crippen LogP contribution in [-0.2, 0) is 46.5 Å². The minimum absolute atomic E-state index is 0.0184. The van der Waals surface area contributed by atoms with Crippen LogP contribution in [-0.4, -0.2) is 55.1 Å². The highest BCUT2D eigenvalue weighted by Gasteiger charge is 2.33. The summed E-state index contributed by atoms with van der Waals surface area (Å²) in [6.45, 7) is 2.15. The fourth-order valence-corrected chi connectivity index (χ4v) is 3.21. The Morgan fingerprint density at radius 2 is 1.63 bits per heavy atom. The minimum atomic E-state index is -1.34. The first-order valence-electron chi connectivity index (χ1n) is 11.5. The summed E-state index contributed by atoms with van der Waals surface area (Å²) in [5.41, 5.74) is 1.58. The number of hydroxylamine groups is 2. The molecule has 2 unspecified atom stereocenters. The molecular formula is C26H32N2O7. The van der Waals surface area contributed by atoms with E-state index in [-0.39, 0.29) is 19.6 Å². The van der Waals surface area contributed by atoms with Gasteiger partial charge in [0.1, 0.15) is 18.7 Å². The monoisotopic (exact) mass is 484 g/mol. The summed E-state index contributed by atoms with van der Waals surface area (Å²) in [6.07, 6.45) is 1.51. The van der Waals surface area contributed by atoms with Crippen LogP contribution in [0.4, 0.5) is 0 Å². The van der Waals surface area contributed by atoms with Crippen LogP contribution in [0.3, 0.4) is 0 Å². The SMILES string of the molecule is CCCCON(C=O)C(CC(=O)OCc1ccccc1)C(=O)NC(Cc1ccccc1)C(=O)OC. The van der Waals surface area contributed by atoms with E-state index >= 15 is 0 Å². The van der Waals surface area contributed by atoms with Crippen LogP contribution in [0, 0.1) is 0 Å². The molecule has 0 heterocycles. The number of carbonyl (C=O) groups is 4. The Hall–Kier alpha value is -3.72. The van der Waals surface area contributed by atoms with E-state index in [4.69, 9.17) is 14.3 Å². The maximum absolute atomic E-state index is 13.2. The number of unbranched alkanes of at least 4 members (excludes halogenated alkanes) is 1. The highest BCUT2D eigenvalue weighted by Crippen LogP contribution is 2.11. The average molecular weight is 485 g/mol. The second-order valence-corrected chi connectivity index (χ2v) is 7.79. The van der Waals surface area contributed by atoms with Crippen LogP contribution >= 0.6 is 0 Å². The van der Waals surface area contributed by atoms with Gasteiger partial charge in [-0.1, -0.05) is 74.0 Å². The molecule has 9 nitrogen and oxygen atoms in total. The van der Waals surface area contributed by atoms with E-state index in [1.807, 2.05) is 55.5 Å². The van der Waals surface area contributed by atoms with E-state index in [0.29, 0.717) is 12.8 Å². The van der Waals surface area contributed by atoms with Crippen molar-refractivity contribution in [2.45, 2.75) is 51.3 Å². The molecule has 1 N–H and O–H groups in total. The molecule has 0 bridgehead atoms. The predicted molar refractivity (Wildman–Crippen MR) is 127 cm³/mol. The summed E-state index contributed by atoms with van der Waals surface area (Å²) >= 11 is 0. The molecule has 2 amide bonds. The van der Waals surface area contributed by atoms with Crippen LogP contribution in [0.5, 0.6) is 0 Å². The van der Waals surface area contributed by atoms with Gasteiger partial charge >= 0.3 is 11.9 Å². The van der Waals surface area contributed by atoms with Gasteiger partial charge in [-0.25, -0.2) is 9.86 Å². The van der Waals surface area contributed by atoms with Crippen molar-refractivity contribution in [1.29, 1.82) is 0 Å². The van der Waals surface area contributed by atoms with Gasteiger partial charge in [0.05, 0.1) is 20.1 Å². The Balaban J connectivity index is 2.15. The topological polar surface area (TPSA) is 111 Å². The van der Waals surface area contributed by atoms with Crippen molar-refractivity contribution in [1.82, 2.24) is 10.4 Å². The number of esters is 2. The van der Waals surface area contributed by atoms with Crippen molar-refractivity contribution >= 4 is 24.3 Å². The summed E-state index contributed by atoms with van der Waals surface area (Å²) in [5.74, 6) is -2.09. The van der Waals surface area contributed by atoms with Gasteiger partial charge in [-0.15, -0.1) is 0 Å². The van der Waals surface area contributed by atoms with Gasteiger partial charge in [-0.05, 0) is 17.5 Å². The van der Waals surface area contributed by atoms with Gasteiger partial charge in [0.15, 0.2) is 0 Å². The van der Waals surface area contributed by atoms with E-state index in [1.165, 1.54) is 7.11 Å². The number of ether oxygens (including phenoxy) is 2. The third kappa shape index (κ3) is 9.58. The lowest BCUT2D eigenvalue weighted by Gasteiger charge is -2.27. The molecule has 0 saturated heterocycles. The number of methoxy groups -OCH3 is 1. The molecule has 0 spiro atoms. The third-order valence-electron chi connectivity index (χ3n) is 5.14. The second-order valence-electron chi connectivity index (χ2n) is 7.79. The number of hydrogen-bond acceptors (Lipinski definition) is 7. The molecule has 0 aliphatic rings. The Kier molecular flexibility index (Phi) is 12.0. The molecule has 35 heavy (non-hydrogen) atoms. The zero-order chi connectivity index (χ0) is 25.5. The number of hydrogen-bond donors (Lipinski definition) is 1. The number of nitrogens with one attached hydrogen (secondary N) is 1. The molecule has 9 heteroatoms. The smallest absolute Gasteiger partial charge is 0.328 e. The maximum atomic E-state index is 13.2. The fourth-order valence-electron chi connectivity index (χ4n) is 3.21. The summed E-state index contributed by atoms with van der Waals surface area (Å²) in [6, 6.07) is 15.8. The zero-order valence-electron chi connectivity index (χ0n) is 20.1. The minimum Gasteiger partial charge on any atom is -0.467 e. The van der Waals surface area contributed by atoms with Gasteiger partial charge < -0.3 is 14.8 Å². The van der Waals surface area contributed by atoms with Crippen LogP contribution in [0.15, 0.2) is 60.7 Å². The number of rotatable bonds is 15. The van der Waals surface area contributed by atoms with Crippen molar-refractivity contribution in [3.63, 3.8) is 0 Å². The van der Waals surface area contributed by atoms with Gasteiger partial charge in [0, 0.05) is 6.42 Å². The Bertz CT molecular complexity index is 937. The van der Waals surface area contributed by atoms with E-state index in [9.17, 15) is 19.2 Å². The van der Waals surface area contributed by atoms with Crippen molar-refractivity contribution in [2.24, 2.45) is 0 Å². The van der Waals surface area contributed by atoms with Crippen molar-refractivity contribution in [3.05, 3.63) is 71.8 Å². The number of nitrogens with zero attached hydrogens (tertiary/aromatic N) is 1. The first-order valence-corrected chi connectivity index (χ1v) is 11.5. The molecule has 0 fully saturated rings. The Morgan fingerprint density at radius 3 is 2.20 bits per heavy atom. The summed E-state index contributed by atoms with van der Waals surface area (Å²) < 4.78 is 10.1. The Morgan fingerprint density at radius 1 is 1.00 bits per heavy atom. The molecule has 2 atom stereocenters. The normalized spacial score (nSPS) is 12.2. The molecule has 0 aliphatic heterocycles. The van der Waals surface area contributed by atoms with Gasteiger partial charge in [-0.3, -0.25) is 19.2 Å². The number of amides is 2. The molecule has 0 saturated carbocycles. The summed E-state index contributed by atoms with van der Waals surface area (Å²) in [5, 5.41) is 3.40. The van der Waals surface area contributed by atoms with Crippen molar-refractivity contribution in [2.75, 3.05) is 13.7 Å². The predicted octanol–water partition coefficient (Wildman–Crippen LogP) is 2.58. The highest BCUT2D eigenvalue weighted by molar-refractivity contribution is 5.91. The molecule has 2 rings (SSSR count). The molecule has 0 aromatic heterocycles. The van der Waals surface area contributed by atoms with Crippen molar-refractivity contribution < 1.29 is 33.5 Å². The van der Waals surface area contributed by atoms with E-state index in [1.54, 1.807) is 12.1 Å². The molecule has 2 aromatic carbocycles. The average Bonchev–Trinajstić information content (AvgIpc) is 2.89. The van der Waals surface area contributed by atoms with Crippen LogP contribution in [0.1, 0.15) is 37.3 Å². The molecular weight excluding hydrogens is 452 g/mol. The summed E-state index contributed by atoms with van der Waals surface area (Å²) in [7, 11) is 1.22. The number of carbonyl (C=O) groups excluding carboxylic acids is 4.